The average molecular weight is 560 g/mol. The molecule has 0 saturated carbocycles. The number of rotatable bonds is 1. The molecule has 44 heavy (non-hydrogen) atoms. The minimum absolute atomic E-state index is 1.18. The van der Waals surface area contributed by atoms with Crippen LogP contribution in [-0.4, -0.2) is 13.5 Å². The molecule has 7 aromatic carbocycles. The van der Waals surface area contributed by atoms with Gasteiger partial charge in [0.25, 0.3) is 0 Å². The standard InChI is InChI=1S/C41H25N3/c1-42-34-20-10-16-28-29-17-9-18-30-31-22-21-24-11-5-6-14-26(24)38(31)44(39(29)30)35-23-32-27-15-7-8-19-33(27)43(25-12-3-2-4-13-25)40(32)41(42)37(35)36(28)34/h2-23H,1H3. The summed E-state index contributed by atoms with van der Waals surface area (Å²) in [7, 11) is 2.25. The molecule has 0 atom stereocenters. The Hall–Kier alpha value is -5.80. The topological polar surface area (TPSA) is 14.3 Å². The van der Waals surface area contributed by atoms with E-state index in [1.54, 1.807) is 0 Å². The second-order valence-electron chi connectivity index (χ2n) is 12.2. The van der Waals surface area contributed by atoms with Crippen molar-refractivity contribution < 1.29 is 0 Å². The molecule has 0 spiro atoms. The first-order valence-electron chi connectivity index (χ1n) is 15.3. The molecule has 0 aliphatic heterocycles. The lowest BCUT2D eigenvalue weighted by Gasteiger charge is -2.11. The molecular weight excluding hydrogens is 534 g/mol. The van der Waals surface area contributed by atoms with Crippen molar-refractivity contribution in [3.63, 3.8) is 0 Å². The minimum Gasteiger partial charge on any atom is -0.342 e. The summed E-state index contributed by atoms with van der Waals surface area (Å²) in [6.07, 6.45) is 0. The third-order valence-electron chi connectivity index (χ3n) is 10.1. The Kier molecular flexibility index (Phi) is 4.02. The van der Waals surface area contributed by atoms with Gasteiger partial charge in [-0.05, 0) is 41.1 Å². The van der Waals surface area contributed by atoms with Crippen molar-refractivity contribution in [1.29, 1.82) is 0 Å². The largest absolute Gasteiger partial charge is 0.342 e. The maximum absolute atomic E-state index is 2.60. The van der Waals surface area contributed by atoms with Crippen LogP contribution in [-0.2, 0) is 7.05 Å². The summed E-state index contributed by atoms with van der Waals surface area (Å²) in [6, 6.07) is 49.3. The van der Waals surface area contributed by atoms with Gasteiger partial charge in [0.2, 0.25) is 0 Å². The number of para-hydroxylation sites is 3. The Bertz CT molecular complexity index is 2990. The van der Waals surface area contributed by atoms with Crippen LogP contribution in [0.3, 0.4) is 0 Å². The second-order valence-corrected chi connectivity index (χ2v) is 12.2. The van der Waals surface area contributed by atoms with E-state index < -0.39 is 0 Å². The summed E-state index contributed by atoms with van der Waals surface area (Å²) < 4.78 is 7.50. The van der Waals surface area contributed by atoms with Crippen molar-refractivity contribution in [2.45, 2.75) is 0 Å². The van der Waals surface area contributed by atoms with Gasteiger partial charge in [-0.3, -0.25) is 0 Å². The second kappa shape index (κ2) is 7.77. The maximum Gasteiger partial charge on any atom is 0.0786 e. The van der Waals surface area contributed by atoms with Gasteiger partial charge in [0.15, 0.2) is 0 Å². The average Bonchev–Trinajstić information content (AvgIpc) is 3.67. The van der Waals surface area contributed by atoms with Crippen LogP contribution in [0.4, 0.5) is 0 Å². The van der Waals surface area contributed by atoms with Gasteiger partial charge in [-0.2, -0.15) is 0 Å². The Morgan fingerprint density at radius 2 is 1.02 bits per heavy atom. The molecule has 0 radical (unpaired) electrons. The zero-order valence-electron chi connectivity index (χ0n) is 24.0. The Labute approximate surface area is 251 Å². The van der Waals surface area contributed by atoms with Crippen molar-refractivity contribution in [3.8, 4) is 5.69 Å². The fourth-order valence-electron chi connectivity index (χ4n) is 8.40. The number of aryl methyl sites for hydroxylation is 1. The van der Waals surface area contributed by atoms with Crippen molar-refractivity contribution in [1.82, 2.24) is 13.5 Å². The molecule has 0 unspecified atom stereocenters. The predicted octanol–water partition coefficient (Wildman–Crippen LogP) is 10.7. The molecule has 11 aromatic rings. The highest BCUT2D eigenvalue weighted by Crippen LogP contribution is 2.47. The monoisotopic (exact) mass is 559 g/mol. The first-order valence-corrected chi connectivity index (χ1v) is 15.3. The number of benzene rings is 7. The summed E-state index contributed by atoms with van der Waals surface area (Å²) in [5.74, 6) is 0. The third kappa shape index (κ3) is 2.53. The van der Waals surface area contributed by atoms with Crippen LogP contribution in [0.2, 0.25) is 0 Å². The number of hydrogen-bond donors (Lipinski definition) is 0. The van der Waals surface area contributed by atoms with Crippen LogP contribution >= 0.6 is 0 Å². The van der Waals surface area contributed by atoms with Crippen molar-refractivity contribution in [2.75, 3.05) is 0 Å². The number of aromatic nitrogens is 3. The van der Waals surface area contributed by atoms with Gasteiger partial charge in [-0.15, -0.1) is 0 Å². The molecule has 0 N–H and O–H groups in total. The maximum atomic E-state index is 2.60. The first-order chi connectivity index (χ1) is 21.8. The van der Waals surface area contributed by atoms with Crippen LogP contribution in [0, 0.1) is 0 Å². The molecule has 0 bridgehead atoms. The fourth-order valence-corrected chi connectivity index (χ4v) is 8.40. The Morgan fingerprint density at radius 1 is 0.386 bits per heavy atom. The molecular formula is C41H25N3. The molecule has 0 aliphatic rings. The van der Waals surface area contributed by atoms with E-state index >= 15 is 0 Å². The van der Waals surface area contributed by atoms with Crippen molar-refractivity contribution >= 4 is 92.5 Å². The van der Waals surface area contributed by atoms with Gasteiger partial charge in [-0.25, -0.2) is 0 Å². The van der Waals surface area contributed by atoms with Gasteiger partial charge in [0.1, 0.15) is 0 Å². The Morgan fingerprint density at radius 3 is 1.91 bits per heavy atom. The number of fused-ring (bicyclic) bond motifs is 11. The van der Waals surface area contributed by atoms with E-state index in [1.165, 1.54) is 98.2 Å². The van der Waals surface area contributed by atoms with Crippen LogP contribution in [0.5, 0.6) is 0 Å². The summed E-state index contributed by atoms with van der Waals surface area (Å²) >= 11 is 0. The highest BCUT2D eigenvalue weighted by atomic mass is 15.0. The lowest BCUT2D eigenvalue weighted by atomic mass is 10.0. The highest BCUT2D eigenvalue weighted by molar-refractivity contribution is 6.36. The van der Waals surface area contributed by atoms with E-state index in [9.17, 15) is 0 Å². The lowest BCUT2D eigenvalue weighted by Crippen LogP contribution is -1.97. The molecule has 0 aliphatic carbocycles. The quantitative estimate of drug-likeness (QED) is 0.190. The molecule has 3 heteroatoms. The summed E-state index contributed by atoms with van der Waals surface area (Å²) in [5.41, 5.74) is 10.0. The molecule has 4 heterocycles. The SMILES string of the molecule is Cn1c2cccc3c4cccc5c6ccc7ccccc7c6n(c6cc7c8ccccc8n(-c8ccccc8)c7c1c6c32)c45. The van der Waals surface area contributed by atoms with Crippen LogP contribution in [0.25, 0.3) is 98.2 Å². The van der Waals surface area contributed by atoms with E-state index in [2.05, 4.69) is 154 Å². The summed E-state index contributed by atoms with van der Waals surface area (Å²) in [6.45, 7) is 0. The normalized spacial score (nSPS) is 12.7. The van der Waals surface area contributed by atoms with Crippen molar-refractivity contribution in [2.24, 2.45) is 7.05 Å². The van der Waals surface area contributed by atoms with E-state index in [4.69, 9.17) is 0 Å². The van der Waals surface area contributed by atoms with Crippen LogP contribution in [0.1, 0.15) is 0 Å². The lowest BCUT2D eigenvalue weighted by molar-refractivity contribution is 1.01. The van der Waals surface area contributed by atoms with E-state index in [-0.39, 0.29) is 0 Å². The molecule has 3 nitrogen and oxygen atoms in total. The molecule has 0 fully saturated rings. The zero-order valence-corrected chi connectivity index (χ0v) is 24.0. The molecule has 204 valence electrons. The van der Waals surface area contributed by atoms with Crippen LogP contribution in [0.15, 0.2) is 133 Å². The summed E-state index contributed by atoms with van der Waals surface area (Å²) in [5, 5.41) is 12.9. The molecule has 0 saturated heterocycles. The third-order valence-corrected chi connectivity index (χ3v) is 10.1. The minimum atomic E-state index is 1.18. The van der Waals surface area contributed by atoms with Gasteiger partial charge in [-0.1, -0.05) is 103 Å². The van der Waals surface area contributed by atoms with E-state index in [0.717, 1.165) is 0 Å². The van der Waals surface area contributed by atoms with Crippen LogP contribution < -0.4 is 0 Å². The Balaban J connectivity index is 1.57. The predicted molar refractivity (Wildman–Crippen MR) is 187 cm³/mol. The first kappa shape index (κ1) is 22.8. The summed E-state index contributed by atoms with van der Waals surface area (Å²) in [4.78, 5) is 0. The number of hydrogen-bond acceptors (Lipinski definition) is 0. The van der Waals surface area contributed by atoms with Gasteiger partial charge >= 0.3 is 0 Å². The molecule has 11 rings (SSSR count). The van der Waals surface area contributed by atoms with Gasteiger partial charge in [0.05, 0.1) is 33.1 Å². The van der Waals surface area contributed by atoms with Crippen molar-refractivity contribution in [3.05, 3.63) is 133 Å². The van der Waals surface area contributed by atoms with Gasteiger partial charge < -0.3 is 13.5 Å². The number of nitrogens with zero attached hydrogens (tertiary/aromatic N) is 3. The van der Waals surface area contributed by atoms with Gasteiger partial charge in [0, 0.05) is 61.3 Å². The fraction of sp³-hybridized carbons (Fsp3) is 0.0244. The van der Waals surface area contributed by atoms with E-state index in [0.29, 0.717) is 0 Å². The highest BCUT2D eigenvalue weighted by Gasteiger charge is 2.25. The van der Waals surface area contributed by atoms with E-state index in [1.807, 2.05) is 0 Å². The molecule has 4 aromatic heterocycles. The zero-order chi connectivity index (χ0) is 28.7. The smallest absolute Gasteiger partial charge is 0.0786 e. The molecule has 0 amide bonds.